The molecule has 0 saturated heterocycles. The Morgan fingerprint density at radius 3 is 2.07 bits per heavy atom. The van der Waals surface area contributed by atoms with Crippen LogP contribution in [0.3, 0.4) is 0 Å². The van der Waals surface area contributed by atoms with E-state index in [4.69, 9.17) is 13.7 Å². The molecule has 0 fully saturated rings. The molecular formula is C9H22O4Si. The minimum atomic E-state index is -1.93. The van der Waals surface area contributed by atoms with Crippen molar-refractivity contribution in [1.29, 1.82) is 0 Å². The lowest BCUT2D eigenvalue weighted by Crippen LogP contribution is -2.38. The number of hydrogen-bond donors (Lipinski definition) is 0. The highest BCUT2D eigenvalue weighted by Crippen LogP contribution is 2.15. The van der Waals surface area contributed by atoms with Gasteiger partial charge >= 0.3 is 8.56 Å². The summed E-state index contributed by atoms with van der Waals surface area (Å²) in [6.45, 7) is 8.11. The van der Waals surface area contributed by atoms with Crippen LogP contribution >= 0.6 is 0 Å². The fraction of sp³-hybridized carbons (Fsp3) is 1.00. The molecule has 0 bridgehead atoms. The fourth-order valence-electron chi connectivity index (χ4n) is 1.33. The average Bonchev–Trinajstić information content (AvgIpc) is 2.13. The molecule has 0 amide bonds. The topological polar surface area (TPSA) is 36.9 Å². The van der Waals surface area contributed by atoms with Gasteiger partial charge in [-0.1, -0.05) is 0 Å². The van der Waals surface area contributed by atoms with Crippen LogP contribution in [-0.2, 0) is 18.6 Å². The van der Waals surface area contributed by atoms with Crippen LogP contribution < -0.4 is 0 Å². The fourth-order valence-corrected chi connectivity index (χ4v) is 3.71. The summed E-state index contributed by atoms with van der Waals surface area (Å²) in [6.07, 6.45) is 0.913. The molecule has 0 aliphatic heterocycles. The minimum Gasteiger partial charge on any atom is -0.395 e. The smallest absolute Gasteiger partial charge is 0.334 e. The summed E-state index contributed by atoms with van der Waals surface area (Å²) >= 11 is 0. The van der Waals surface area contributed by atoms with Crippen LogP contribution in [0.15, 0.2) is 0 Å². The lowest BCUT2D eigenvalue weighted by molar-refractivity contribution is -0.272. The van der Waals surface area contributed by atoms with Gasteiger partial charge in [0.25, 0.3) is 0 Å². The number of hydrogen-bond acceptors (Lipinski definition) is 4. The Labute approximate surface area is 87.7 Å². The molecule has 4 nitrogen and oxygen atoms in total. The van der Waals surface area contributed by atoms with E-state index in [0.717, 1.165) is 12.5 Å². The molecule has 0 rings (SSSR count). The summed E-state index contributed by atoms with van der Waals surface area (Å²) < 4.78 is 11.3. The Kier molecular flexibility index (Phi) is 8.41. The van der Waals surface area contributed by atoms with Gasteiger partial charge in [0, 0.05) is 13.2 Å². The lowest BCUT2D eigenvalue weighted by atomic mass is 10.5. The van der Waals surface area contributed by atoms with Crippen LogP contribution in [0.2, 0.25) is 12.6 Å². The zero-order valence-corrected chi connectivity index (χ0v) is 10.7. The van der Waals surface area contributed by atoms with E-state index in [9.17, 15) is 0 Å². The van der Waals surface area contributed by atoms with Crippen LogP contribution in [-0.4, -0.2) is 35.5 Å². The molecule has 0 saturated carbocycles. The molecule has 0 aliphatic carbocycles. The third kappa shape index (κ3) is 6.50. The predicted molar refractivity (Wildman–Crippen MR) is 57.3 cm³/mol. The van der Waals surface area contributed by atoms with Gasteiger partial charge in [-0.05, 0) is 32.9 Å². The highest BCUT2D eigenvalue weighted by molar-refractivity contribution is 6.66. The molecule has 0 atom stereocenters. The van der Waals surface area contributed by atoms with Crippen LogP contribution in [0.4, 0.5) is 0 Å². The second-order valence-electron chi connectivity index (χ2n) is 3.09. The maximum Gasteiger partial charge on any atom is 0.334 e. The van der Waals surface area contributed by atoms with Gasteiger partial charge in [0.2, 0.25) is 0 Å². The van der Waals surface area contributed by atoms with E-state index in [1.807, 2.05) is 13.8 Å². The summed E-state index contributed by atoms with van der Waals surface area (Å²) in [5.74, 6) is 0. The van der Waals surface area contributed by atoms with E-state index in [1.165, 1.54) is 7.11 Å². The van der Waals surface area contributed by atoms with E-state index >= 15 is 0 Å². The van der Waals surface area contributed by atoms with E-state index < -0.39 is 8.56 Å². The molecule has 86 valence electrons. The van der Waals surface area contributed by atoms with E-state index in [-0.39, 0.29) is 0 Å². The van der Waals surface area contributed by atoms with Crippen molar-refractivity contribution in [2.75, 3.05) is 26.9 Å². The summed E-state index contributed by atoms with van der Waals surface area (Å²) in [4.78, 5) is 9.31. The highest BCUT2D eigenvalue weighted by Gasteiger charge is 2.29. The third-order valence-corrected chi connectivity index (χ3v) is 4.94. The zero-order chi connectivity index (χ0) is 10.9. The SMILES string of the molecule is CCO[Si](C)(CCCOOC)OCC. The zero-order valence-electron chi connectivity index (χ0n) is 9.67. The maximum absolute atomic E-state index is 5.67. The quantitative estimate of drug-likeness (QED) is 0.259. The molecule has 0 aromatic carbocycles. The molecule has 0 spiro atoms. The molecule has 0 aromatic rings. The predicted octanol–water partition coefficient (Wildman–Crippen LogP) is 2.10. The molecule has 0 aromatic heterocycles. The van der Waals surface area contributed by atoms with Gasteiger partial charge in [0.1, 0.15) is 0 Å². The van der Waals surface area contributed by atoms with Gasteiger partial charge in [-0.15, -0.1) is 0 Å². The van der Waals surface area contributed by atoms with Crippen molar-refractivity contribution in [3.63, 3.8) is 0 Å². The average molecular weight is 222 g/mol. The van der Waals surface area contributed by atoms with Crippen molar-refractivity contribution < 1.29 is 18.6 Å². The first-order valence-corrected chi connectivity index (χ1v) is 7.64. The van der Waals surface area contributed by atoms with E-state index in [1.54, 1.807) is 0 Å². The van der Waals surface area contributed by atoms with Crippen molar-refractivity contribution in [2.45, 2.75) is 32.9 Å². The highest BCUT2D eigenvalue weighted by atomic mass is 28.4. The second kappa shape index (κ2) is 8.37. The summed E-state index contributed by atoms with van der Waals surface area (Å²) in [5, 5.41) is 0. The maximum atomic E-state index is 5.67. The Bertz CT molecular complexity index is 126. The van der Waals surface area contributed by atoms with Gasteiger partial charge in [-0.2, -0.15) is 0 Å². The molecular weight excluding hydrogens is 200 g/mol. The van der Waals surface area contributed by atoms with E-state index in [2.05, 4.69) is 11.4 Å². The molecule has 0 aliphatic rings. The Balaban J connectivity index is 3.71. The normalized spacial score (nSPS) is 12.0. The first kappa shape index (κ1) is 14.1. The van der Waals surface area contributed by atoms with Gasteiger partial charge in [0.15, 0.2) is 0 Å². The van der Waals surface area contributed by atoms with Gasteiger partial charge in [0.05, 0.1) is 13.7 Å². The van der Waals surface area contributed by atoms with Crippen molar-refractivity contribution in [3.05, 3.63) is 0 Å². The van der Waals surface area contributed by atoms with Gasteiger partial charge < -0.3 is 8.85 Å². The Hall–Kier alpha value is 0.0569. The molecule has 0 unspecified atom stereocenters. The first-order valence-electron chi connectivity index (χ1n) is 5.12. The molecule has 5 heteroatoms. The third-order valence-electron chi connectivity index (χ3n) is 1.88. The van der Waals surface area contributed by atoms with Gasteiger partial charge in [-0.25, -0.2) is 9.78 Å². The summed E-state index contributed by atoms with van der Waals surface area (Å²) in [6, 6.07) is 0.942. The monoisotopic (exact) mass is 222 g/mol. The van der Waals surface area contributed by atoms with Crippen LogP contribution in [0.25, 0.3) is 0 Å². The minimum absolute atomic E-state index is 0.596. The number of rotatable bonds is 9. The van der Waals surface area contributed by atoms with Crippen LogP contribution in [0, 0.1) is 0 Å². The summed E-state index contributed by atoms with van der Waals surface area (Å²) in [7, 11) is -0.419. The largest absolute Gasteiger partial charge is 0.395 e. The Morgan fingerprint density at radius 2 is 1.64 bits per heavy atom. The van der Waals surface area contributed by atoms with Crippen molar-refractivity contribution in [3.8, 4) is 0 Å². The van der Waals surface area contributed by atoms with Crippen molar-refractivity contribution >= 4 is 8.56 Å². The molecule has 0 heterocycles. The lowest BCUT2D eigenvalue weighted by Gasteiger charge is -2.25. The standard InChI is InChI=1S/C9H22O4Si/c1-5-12-14(4,13-6-2)9-7-8-11-10-3/h5-9H2,1-4H3. The molecule has 14 heavy (non-hydrogen) atoms. The Morgan fingerprint density at radius 1 is 1.07 bits per heavy atom. The van der Waals surface area contributed by atoms with Crippen LogP contribution in [0.1, 0.15) is 20.3 Å². The van der Waals surface area contributed by atoms with E-state index in [0.29, 0.717) is 19.8 Å². The second-order valence-corrected chi connectivity index (χ2v) is 6.44. The van der Waals surface area contributed by atoms with Crippen molar-refractivity contribution in [1.82, 2.24) is 0 Å². The van der Waals surface area contributed by atoms with Crippen molar-refractivity contribution in [2.24, 2.45) is 0 Å². The van der Waals surface area contributed by atoms with Crippen LogP contribution in [0.5, 0.6) is 0 Å². The first-order chi connectivity index (χ1) is 6.68. The molecule has 0 N–H and O–H groups in total. The van der Waals surface area contributed by atoms with Gasteiger partial charge in [-0.3, -0.25) is 0 Å². The summed E-state index contributed by atoms with van der Waals surface area (Å²) in [5.41, 5.74) is 0. The molecule has 0 radical (unpaired) electrons.